The molecule has 0 aromatic heterocycles. The number of rotatable bonds is 6. The molecule has 0 N–H and O–H groups in total. The summed E-state index contributed by atoms with van der Waals surface area (Å²) in [5.74, 6) is 0. The maximum Gasteiger partial charge on any atom is 0.223 e. The fourth-order valence-electron chi connectivity index (χ4n) is 2.20. The highest BCUT2D eigenvalue weighted by Crippen LogP contribution is 2.17. The van der Waals surface area contributed by atoms with E-state index >= 15 is 0 Å². The Morgan fingerprint density at radius 1 is 1.06 bits per heavy atom. The molecule has 0 aliphatic heterocycles. The lowest BCUT2D eigenvalue weighted by atomic mass is 10.2. The van der Waals surface area contributed by atoms with Gasteiger partial charge in [0.1, 0.15) is 0 Å². The van der Waals surface area contributed by atoms with E-state index in [1.54, 1.807) is 0 Å². The lowest BCUT2D eigenvalue weighted by Crippen LogP contribution is -2.49. The molecule has 16 heavy (non-hydrogen) atoms. The summed E-state index contributed by atoms with van der Waals surface area (Å²) in [4.78, 5) is 0. The molecule has 0 unspecified atom stereocenters. The third-order valence-corrected chi connectivity index (χ3v) is 7.84. The zero-order valence-corrected chi connectivity index (χ0v) is 11.9. The predicted molar refractivity (Wildman–Crippen MR) is 73.5 cm³/mol. The normalized spacial score (nSPS) is 11.8. The van der Waals surface area contributed by atoms with Gasteiger partial charge in [-0.1, -0.05) is 45.0 Å². The van der Waals surface area contributed by atoms with E-state index in [1.807, 2.05) is 0 Å². The Labute approximate surface area is 101 Å². The SMILES string of the molecule is C[CH]c1ccc([Si](CC)(CC)OCC)cc1. The summed E-state index contributed by atoms with van der Waals surface area (Å²) < 4.78 is 6.12. The fourth-order valence-corrected chi connectivity index (χ4v) is 5.42. The van der Waals surface area contributed by atoms with Crippen molar-refractivity contribution in [3.05, 3.63) is 36.2 Å². The summed E-state index contributed by atoms with van der Waals surface area (Å²) >= 11 is 0. The van der Waals surface area contributed by atoms with Gasteiger partial charge in [-0.25, -0.2) is 0 Å². The molecule has 1 aromatic rings. The van der Waals surface area contributed by atoms with E-state index in [0.717, 1.165) is 18.7 Å². The third-order valence-electron chi connectivity index (χ3n) is 3.33. The smallest absolute Gasteiger partial charge is 0.223 e. The molecule has 1 rings (SSSR count). The van der Waals surface area contributed by atoms with Crippen LogP contribution in [-0.4, -0.2) is 14.9 Å². The van der Waals surface area contributed by atoms with Gasteiger partial charge in [0.15, 0.2) is 0 Å². The highest BCUT2D eigenvalue weighted by Gasteiger charge is 2.32. The van der Waals surface area contributed by atoms with Crippen LogP contribution >= 0.6 is 0 Å². The van der Waals surface area contributed by atoms with E-state index in [-0.39, 0.29) is 0 Å². The van der Waals surface area contributed by atoms with Crippen molar-refractivity contribution in [3.8, 4) is 0 Å². The maximum atomic E-state index is 6.12. The molecule has 0 saturated heterocycles. The first-order valence-corrected chi connectivity index (χ1v) is 8.58. The van der Waals surface area contributed by atoms with Crippen LogP contribution in [0.15, 0.2) is 24.3 Å². The molecule has 0 bridgehead atoms. The van der Waals surface area contributed by atoms with Crippen LogP contribution in [0.1, 0.15) is 33.3 Å². The molecule has 0 aliphatic rings. The lowest BCUT2D eigenvalue weighted by Gasteiger charge is -2.29. The second kappa shape index (κ2) is 6.21. The van der Waals surface area contributed by atoms with Crippen molar-refractivity contribution in [1.82, 2.24) is 0 Å². The summed E-state index contributed by atoms with van der Waals surface area (Å²) in [6, 6.07) is 11.2. The van der Waals surface area contributed by atoms with Crippen molar-refractivity contribution in [2.24, 2.45) is 0 Å². The van der Waals surface area contributed by atoms with Crippen molar-refractivity contribution >= 4 is 13.5 Å². The van der Waals surface area contributed by atoms with Gasteiger partial charge in [0.25, 0.3) is 0 Å². The molecule has 0 saturated carbocycles. The van der Waals surface area contributed by atoms with Crippen LogP contribution in [0.25, 0.3) is 0 Å². The molecule has 0 atom stereocenters. The van der Waals surface area contributed by atoms with Crippen molar-refractivity contribution < 1.29 is 4.43 Å². The van der Waals surface area contributed by atoms with E-state index in [9.17, 15) is 0 Å². The van der Waals surface area contributed by atoms with Gasteiger partial charge >= 0.3 is 0 Å². The van der Waals surface area contributed by atoms with Gasteiger partial charge in [-0.05, 0) is 36.2 Å². The molecule has 1 aromatic carbocycles. The van der Waals surface area contributed by atoms with Crippen LogP contribution in [0.2, 0.25) is 12.1 Å². The number of hydrogen-bond acceptors (Lipinski definition) is 1. The minimum absolute atomic E-state index is 0.829. The zero-order valence-electron chi connectivity index (χ0n) is 10.9. The first-order chi connectivity index (χ1) is 7.72. The molecule has 2 heteroatoms. The molecule has 0 aliphatic carbocycles. The topological polar surface area (TPSA) is 9.23 Å². The largest absolute Gasteiger partial charge is 0.413 e. The van der Waals surface area contributed by atoms with Crippen LogP contribution in [-0.2, 0) is 4.43 Å². The zero-order chi connectivity index (χ0) is 12.0. The van der Waals surface area contributed by atoms with E-state index in [2.05, 4.69) is 58.4 Å². The van der Waals surface area contributed by atoms with E-state index in [4.69, 9.17) is 4.43 Å². The molecule has 0 amide bonds. The van der Waals surface area contributed by atoms with Crippen LogP contribution in [0, 0.1) is 6.42 Å². The molecule has 0 heterocycles. The van der Waals surface area contributed by atoms with Gasteiger partial charge < -0.3 is 4.43 Å². The van der Waals surface area contributed by atoms with Crippen molar-refractivity contribution in [1.29, 1.82) is 0 Å². The van der Waals surface area contributed by atoms with Crippen LogP contribution in [0.4, 0.5) is 0 Å². The second-order valence-electron chi connectivity index (χ2n) is 4.05. The van der Waals surface area contributed by atoms with E-state index in [0.29, 0.717) is 0 Å². The summed E-state index contributed by atoms with van der Waals surface area (Å²) in [5, 5.41) is 1.44. The summed E-state index contributed by atoms with van der Waals surface area (Å²) in [7, 11) is -1.67. The molecule has 89 valence electrons. The first-order valence-electron chi connectivity index (χ1n) is 6.26. The average Bonchev–Trinajstić information content (AvgIpc) is 2.36. The highest BCUT2D eigenvalue weighted by atomic mass is 28.4. The number of hydrogen-bond donors (Lipinski definition) is 0. The molecular weight excluding hydrogens is 212 g/mol. The van der Waals surface area contributed by atoms with E-state index in [1.165, 1.54) is 10.8 Å². The quantitative estimate of drug-likeness (QED) is 0.686. The highest BCUT2D eigenvalue weighted by molar-refractivity contribution is 6.86. The van der Waals surface area contributed by atoms with E-state index < -0.39 is 8.32 Å². The lowest BCUT2D eigenvalue weighted by molar-refractivity contribution is 0.330. The van der Waals surface area contributed by atoms with Crippen LogP contribution < -0.4 is 5.19 Å². The second-order valence-corrected chi connectivity index (χ2v) is 8.31. The Bertz CT molecular complexity index is 301. The van der Waals surface area contributed by atoms with Crippen molar-refractivity contribution in [2.45, 2.75) is 39.8 Å². The van der Waals surface area contributed by atoms with Gasteiger partial charge in [-0.15, -0.1) is 0 Å². The molecule has 1 radical (unpaired) electrons. The Kier molecular flexibility index (Phi) is 5.23. The Hall–Kier alpha value is -0.603. The maximum absolute atomic E-state index is 6.12. The minimum atomic E-state index is -1.67. The third kappa shape index (κ3) is 2.74. The fraction of sp³-hybridized carbons (Fsp3) is 0.500. The van der Waals surface area contributed by atoms with Gasteiger partial charge in [0.05, 0.1) is 0 Å². The molecular formula is C14H23OSi. The summed E-state index contributed by atoms with van der Waals surface area (Å²) in [6.07, 6.45) is 2.13. The molecule has 1 nitrogen and oxygen atoms in total. The van der Waals surface area contributed by atoms with Gasteiger partial charge in [0, 0.05) is 6.61 Å². The predicted octanol–water partition coefficient (Wildman–Crippen LogP) is 3.49. The average molecular weight is 235 g/mol. The van der Waals surface area contributed by atoms with Gasteiger partial charge in [0.2, 0.25) is 8.32 Å². The minimum Gasteiger partial charge on any atom is -0.413 e. The molecule has 0 fully saturated rings. The Morgan fingerprint density at radius 3 is 2.00 bits per heavy atom. The van der Waals surface area contributed by atoms with Crippen molar-refractivity contribution in [2.75, 3.05) is 6.61 Å². The number of benzene rings is 1. The van der Waals surface area contributed by atoms with Crippen LogP contribution in [0.5, 0.6) is 0 Å². The summed E-state index contributed by atoms with van der Waals surface area (Å²) in [5.41, 5.74) is 1.29. The monoisotopic (exact) mass is 235 g/mol. The standard InChI is InChI=1S/C14H23OSi/c1-5-13-9-11-14(12-10-13)16(7-3,8-4)15-6-2/h5,9-12H,6-8H2,1-4H3. The first kappa shape index (κ1) is 13.5. The molecule has 0 spiro atoms. The Morgan fingerprint density at radius 2 is 1.62 bits per heavy atom. The van der Waals surface area contributed by atoms with Crippen molar-refractivity contribution in [3.63, 3.8) is 0 Å². The summed E-state index contributed by atoms with van der Waals surface area (Å²) in [6.45, 7) is 9.51. The van der Waals surface area contributed by atoms with Crippen LogP contribution in [0.3, 0.4) is 0 Å². The Balaban J connectivity index is 3.00. The van der Waals surface area contributed by atoms with Gasteiger partial charge in [-0.2, -0.15) is 0 Å². The van der Waals surface area contributed by atoms with Gasteiger partial charge in [-0.3, -0.25) is 0 Å².